The van der Waals surface area contributed by atoms with Crippen molar-refractivity contribution in [3.05, 3.63) is 185 Å². The van der Waals surface area contributed by atoms with Crippen molar-refractivity contribution in [3.8, 4) is 11.3 Å². The first kappa shape index (κ1) is 35.1. The molecule has 3 N–H and O–H groups in total. The molecule has 1 aromatic heterocycles. The summed E-state index contributed by atoms with van der Waals surface area (Å²) in [5.74, 6) is -1.06. The Bertz CT molecular complexity index is 2410. The zero-order chi connectivity index (χ0) is 36.6. The number of rotatable bonds is 11. The van der Waals surface area contributed by atoms with Gasteiger partial charge in [-0.2, -0.15) is 0 Å². The molecule has 0 fully saturated rings. The van der Waals surface area contributed by atoms with Gasteiger partial charge in [0.25, 0.3) is 11.8 Å². The normalized spacial score (nSPS) is 11.8. The molecular formula is C44H34N4O3S2. The van der Waals surface area contributed by atoms with Crippen molar-refractivity contribution in [1.82, 2.24) is 10.3 Å². The number of hydrogen-bond acceptors (Lipinski definition) is 6. The molecule has 1 heterocycles. The van der Waals surface area contributed by atoms with Crippen LogP contribution >= 0.6 is 23.1 Å². The molecule has 260 valence electrons. The van der Waals surface area contributed by atoms with E-state index in [9.17, 15) is 14.4 Å². The number of amides is 3. The van der Waals surface area contributed by atoms with Gasteiger partial charge in [0.05, 0.1) is 5.69 Å². The second kappa shape index (κ2) is 16.4. The third-order valence-electron chi connectivity index (χ3n) is 8.40. The van der Waals surface area contributed by atoms with Crippen LogP contribution in [-0.4, -0.2) is 22.7 Å². The van der Waals surface area contributed by atoms with E-state index in [4.69, 9.17) is 4.98 Å². The van der Waals surface area contributed by atoms with E-state index in [2.05, 4.69) is 40.2 Å². The number of fused-ring (bicyclic) bond motifs is 1. The first-order valence-electron chi connectivity index (χ1n) is 16.9. The third kappa shape index (κ3) is 8.96. The molecule has 9 heteroatoms. The maximum absolute atomic E-state index is 13.8. The van der Waals surface area contributed by atoms with Gasteiger partial charge in [0, 0.05) is 27.1 Å². The molecule has 0 saturated carbocycles. The maximum Gasteiger partial charge on any atom is 0.272 e. The number of hydrogen-bond donors (Lipinski definition) is 3. The van der Waals surface area contributed by atoms with Crippen molar-refractivity contribution >= 4 is 68.5 Å². The van der Waals surface area contributed by atoms with E-state index in [0.29, 0.717) is 16.4 Å². The van der Waals surface area contributed by atoms with Crippen LogP contribution in [0.5, 0.6) is 0 Å². The second-order valence-corrected chi connectivity index (χ2v) is 14.3. The van der Waals surface area contributed by atoms with E-state index < -0.39 is 17.1 Å². The van der Waals surface area contributed by atoms with Crippen LogP contribution in [0.15, 0.2) is 168 Å². The summed E-state index contributed by atoms with van der Waals surface area (Å²) in [4.78, 5) is 46.0. The zero-order valence-electron chi connectivity index (χ0n) is 28.7. The summed E-state index contributed by atoms with van der Waals surface area (Å²) in [6, 6.07) is 47.7. The summed E-state index contributed by atoms with van der Waals surface area (Å²) in [5.41, 5.74) is 5.56. The lowest BCUT2D eigenvalue weighted by Crippen LogP contribution is -2.30. The number of benzene rings is 6. The monoisotopic (exact) mass is 730 g/mol. The Balaban J connectivity index is 1.06. The minimum atomic E-state index is -0.568. The number of thioether (sulfide) groups is 1. The van der Waals surface area contributed by atoms with E-state index >= 15 is 0 Å². The molecule has 1 atom stereocenters. The van der Waals surface area contributed by atoms with E-state index in [0.717, 1.165) is 43.6 Å². The van der Waals surface area contributed by atoms with Gasteiger partial charge in [0.15, 0.2) is 5.13 Å². The molecule has 53 heavy (non-hydrogen) atoms. The fourth-order valence-corrected chi connectivity index (χ4v) is 7.35. The molecule has 0 radical (unpaired) electrons. The van der Waals surface area contributed by atoms with Crippen LogP contribution in [0.2, 0.25) is 0 Å². The molecule has 1 unspecified atom stereocenters. The van der Waals surface area contributed by atoms with Gasteiger partial charge < -0.3 is 16.0 Å². The minimum absolute atomic E-state index is 0.105. The van der Waals surface area contributed by atoms with Crippen LogP contribution in [0.3, 0.4) is 0 Å². The Labute approximate surface area is 315 Å². The van der Waals surface area contributed by atoms with Crippen molar-refractivity contribution in [2.75, 3.05) is 10.6 Å². The molecule has 7 rings (SSSR count). The van der Waals surface area contributed by atoms with E-state index in [1.54, 1.807) is 42.5 Å². The summed E-state index contributed by atoms with van der Waals surface area (Å²) in [6.07, 6.45) is 1.65. The fraction of sp³-hybridized carbons (Fsp3) is 0.0455. The Hall–Kier alpha value is -6.29. The van der Waals surface area contributed by atoms with Crippen molar-refractivity contribution in [1.29, 1.82) is 0 Å². The number of nitrogens with zero attached hydrogens (tertiary/aromatic N) is 1. The third-order valence-corrected chi connectivity index (χ3v) is 10.4. The summed E-state index contributed by atoms with van der Waals surface area (Å²) in [6.45, 7) is 1.98. The molecular weight excluding hydrogens is 697 g/mol. The van der Waals surface area contributed by atoms with Crippen molar-refractivity contribution < 1.29 is 14.4 Å². The SMILES string of the molecule is Cc1ccc(/C=C(\NC(=O)c2ccccc2)C(=O)Nc2ccc(SC(C(=O)Nc3nc(-c4ccc5ccccc5c4)cs3)c3ccccc3)cc2)cc1. The average Bonchev–Trinajstić information content (AvgIpc) is 3.67. The number of carbonyl (C=O) groups excluding carboxylic acids is 3. The van der Waals surface area contributed by atoms with Crippen molar-refractivity contribution in [2.24, 2.45) is 0 Å². The van der Waals surface area contributed by atoms with Crippen LogP contribution in [0.4, 0.5) is 10.8 Å². The molecule has 0 aliphatic carbocycles. The predicted octanol–water partition coefficient (Wildman–Crippen LogP) is 10.2. The van der Waals surface area contributed by atoms with Crippen LogP contribution in [0.1, 0.15) is 32.3 Å². The van der Waals surface area contributed by atoms with Crippen LogP contribution in [0, 0.1) is 6.92 Å². The topological polar surface area (TPSA) is 100 Å². The molecule has 0 bridgehead atoms. The van der Waals surface area contributed by atoms with Gasteiger partial charge in [0.2, 0.25) is 5.91 Å². The summed E-state index contributed by atoms with van der Waals surface area (Å²) >= 11 is 2.79. The van der Waals surface area contributed by atoms with Gasteiger partial charge in [0.1, 0.15) is 10.9 Å². The Kier molecular flexibility index (Phi) is 10.9. The molecule has 6 aromatic carbocycles. The zero-order valence-corrected chi connectivity index (χ0v) is 30.3. The highest BCUT2D eigenvalue weighted by Crippen LogP contribution is 2.37. The second-order valence-electron chi connectivity index (χ2n) is 12.3. The van der Waals surface area contributed by atoms with Crippen molar-refractivity contribution in [2.45, 2.75) is 17.1 Å². The highest BCUT2D eigenvalue weighted by Gasteiger charge is 2.24. The number of aryl methyl sites for hydroxylation is 1. The quantitative estimate of drug-likeness (QED) is 0.0909. The smallest absolute Gasteiger partial charge is 0.272 e. The highest BCUT2D eigenvalue weighted by atomic mass is 32.2. The van der Waals surface area contributed by atoms with Crippen LogP contribution in [0.25, 0.3) is 28.1 Å². The van der Waals surface area contributed by atoms with Crippen LogP contribution < -0.4 is 16.0 Å². The van der Waals surface area contributed by atoms with Gasteiger partial charge in [-0.1, -0.05) is 115 Å². The van der Waals surface area contributed by atoms with Gasteiger partial charge in [-0.05, 0) is 77.4 Å². The molecule has 7 aromatic rings. The number of aromatic nitrogens is 1. The average molecular weight is 731 g/mol. The molecule has 3 amide bonds. The minimum Gasteiger partial charge on any atom is -0.321 e. The highest BCUT2D eigenvalue weighted by molar-refractivity contribution is 8.00. The van der Waals surface area contributed by atoms with Gasteiger partial charge in [-0.25, -0.2) is 4.98 Å². The summed E-state index contributed by atoms with van der Waals surface area (Å²) in [5, 5.41) is 12.9. The standard InChI is InChI=1S/C44H34N4O3S2/c1-29-16-18-30(19-17-29)26-38(46-41(49)33-13-6-3-7-14-33)42(50)45-36-22-24-37(25-23-36)53-40(32-11-4-2-5-12-32)43(51)48-44-47-39(28-52-44)35-21-20-31-10-8-9-15-34(31)27-35/h2-28,40H,1H3,(H,45,50)(H,46,49)(H,47,48,51)/b38-26-. The summed E-state index contributed by atoms with van der Waals surface area (Å²) in [7, 11) is 0. The van der Waals surface area contributed by atoms with Gasteiger partial charge in [-0.15, -0.1) is 23.1 Å². The van der Waals surface area contributed by atoms with Gasteiger partial charge in [-0.3, -0.25) is 14.4 Å². The lowest BCUT2D eigenvalue weighted by molar-refractivity contribution is -0.116. The molecule has 0 aliphatic rings. The first-order chi connectivity index (χ1) is 25.9. The first-order valence-corrected chi connectivity index (χ1v) is 18.7. The maximum atomic E-state index is 13.8. The number of anilines is 2. The van der Waals surface area contributed by atoms with Crippen molar-refractivity contribution in [3.63, 3.8) is 0 Å². The predicted molar refractivity (Wildman–Crippen MR) is 217 cm³/mol. The number of nitrogens with one attached hydrogen (secondary N) is 3. The van der Waals surface area contributed by atoms with E-state index in [1.807, 2.05) is 103 Å². The Morgan fingerprint density at radius 1 is 0.717 bits per heavy atom. The fourth-order valence-electron chi connectivity index (χ4n) is 5.61. The van der Waals surface area contributed by atoms with Gasteiger partial charge >= 0.3 is 0 Å². The van der Waals surface area contributed by atoms with E-state index in [-0.39, 0.29) is 11.6 Å². The Morgan fingerprint density at radius 3 is 2.13 bits per heavy atom. The van der Waals surface area contributed by atoms with E-state index in [1.165, 1.54) is 23.1 Å². The molecule has 7 nitrogen and oxygen atoms in total. The lowest BCUT2D eigenvalue weighted by Gasteiger charge is -2.17. The molecule has 0 spiro atoms. The largest absolute Gasteiger partial charge is 0.321 e. The molecule has 0 aliphatic heterocycles. The van der Waals surface area contributed by atoms with Crippen LogP contribution in [-0.2, 0) is 9.59 Å². The molecule has 0 saturated heterocycles. The lowest BCUT2D eigenvalue weighted by atomic mass is 10.1. The number of thiazole rings is 1. The number of carbonyl (C=O) groups is 3. The summed E-state index contributed by atoms with van der Waals surface area (Å²) < 4.78 is 0. The Morgan fingerprint density at radius 2 is 1.40 bits per heavy atom.